The molecule has 0 aliphatic heterocycles. The van der Waals surface area contributed by atoms with Crippen molar-refractivity contribution >= 4 is 17.5 Å². The van der Waals surface area contributed by atoms with Crippen LogP contribution in [-0.2, 0) is 11.2 Å². The quantitative estimate of drug-likeness (QED) is 0.200. The minimum Gasteiger partial charge on any atom is -0.493 e. The molecule has 0 N–H and O–H groups in total. The molecule has 1 heterocycles. The number of benzene rings is 2. The molecule has 3 aromatic rings. The summed E-state index contributed by atoms with van der Waals surface area (Å²) in [6.07, 6.45) is 3.82. The summed E-state index contributed by atoms with van der Waals surface area (Å²) in [5.41, 5.74) is 4.38. The van der Waals surface area contributed by atoms with Crippen molar-refractivity contribution in [3.05, 3.63) is 64.7 Å². The van der Waals surface area contributed by atoms with Gasteiger partial charge in [-0.1, -0.05) is 64.4 Å². The Labute approximate surface area is 239 Å². The van der Waals surface area contributed by atoms with E-state index >= 15 is 0 Å². The number of carbonyl (C=O) groups is 1. The highest BCUT2D eigenvalue weighted by Gasteiger charge is 2.25. The smallest absolute Gasteiger partial charge is 0.164 e. The fourth-order valence-corrected chi connectivity index (χ4v) is 5.48. The van der Waals surface area contributed by atoms with Crippen LogP contribution in [0, 0.1) is 6.92 Å². The van der Waals surface area contributed by atoms with E-state index in [0.29, 0.717) is 12.2 Å². The van der Waals surface area contributed by atoms with E-state index in [1.165, 1.54) is 29.9 Å². The Hall–Kier alpha value is -2.80. The molecule has 3 rings (SSSR count). The van der Waals surface area contributed by atoms with Gasteiger partial charge >= 0.3 is 0 Å². The molecule has 0 amide bonds. The van der Waals surface area contributed by atoms with Gasteiger partial charge in [0, 0.05) is 30.2 Å². The number of hydrogen-bond donors (Lipinski definition) is 0. The Morgan fingerprint density at radius 2 is 1.67 bits per heavy atom. The monoisotopic (exact) mass is 553 g/mol. The number of Topliss-reactive ketones (excluding diaryl/α,β-unsaturated/α-hetero) is 1. The van der Waals surface area contributed by atoms with Crippen LogP contribution in [0.2, 0.25) is 0 Å². The summed E-state index contributed by atoms with van der Waals surface area (Å²) in [5.74, 6) is 5.96. The van der Waals surface area contributed by atoms with E-state index in [0.717, 1.165) is 40.6 Å². The van der Waals surface area contributed by atoms with Gasteiger partial charge in [-0.3, -0.25) is 4.57 Å². The van der Waals surface area contributed by atoms with Gasteiger partial charge in [-0.2, -0.15) is 11.8 Å². The molecular weight excluding hydrogens is 506 g/mol. The van der Waals surface area contributed by atoms with Crippen LogP contribution in [0.25, 0.3) is 5.69 Å². The summed E-state index contributed by atoms with van der Waals surface area (Å²) in [5, 5.41) is 8.94. The Morgan fingerprint density at radius 3 is 2.23 bits per heavy atom. The first kappa shape index (κ1) is 32.4. The molecule has 2 aromatic carbocycles. The summed E-state index contributed by atoms with van der Waals surface area (Å²) >= 11 is 2.05. The van der Waals surface area contributed by atoms with Crippen molar-refractivity contribution in [2.75, 3.05) is 25.7 Å². The zero-order valence-electron chi connectivity index (χ0n) is 25.3. The van der Waals surface area contributed by atoms with Gasteiger partial charge in [-0.25, -0.2) is 0 Å². The van der Waals surface area contributed by atoms with E-state index in [2.05, 4.69) is 85.4 Å². The fraction of sp³-hybridized carbons (Fsp3) is 0.531. The molecule has 0 saturated carbocycles. The number of carbonyl (C=O) groups excluding carboxylic acids is 1. The van der Waals surface area contributed by atoms with Crippen molar-refractivity contribution in [2.24, 2.45) is 0 Å². The highest BCUT2D eigenvalue weighted by atomic mass is 32.2. The summed E-state index contributed by atoms with van der Waals surface area (Å²) < 4.78 is 13.4. The molecule has 0 bridgehead atoms. The lowest BCUT2D eigenvalue weighted by atomic mass is 9.89. The predicted octanol–water partition coefficient (Wildman–Crippen LogP) is 7.93. The maximum Gasteiger partial charge on any atom is 0.164 e. The molecular formula is C32H47N3O3S. The first-order valence-electron chi connectivity index (χ1n) is 14.1. The zero-order valence-corrected chi connectivity index (χ0v) is 26.2. The van der Waals surface area contributed by atoms with Crippen LogP contribution in [0.15, 0.2) is 36.4 Å². The molecule has 0 aliphatic carbocycles. The average Bonchev–Trinajstić information content (AvgIpc) is 3.36. The third kappa shape index (κ3) is 8.59. The van der Waals surface area contributed by atoms with E-state index < -0.39 is 0 Å². The van der Waals surface area contributed by atoms with Crippen molar-refractivity contribution in [3.8, 4) is 17.2 Å². The van der Waals surface area contributed by atoms with E-state index in [-0.39, 0.29) is 17.6 Å². The van der Waals surface area contributed by atoms with E-state index in [1.807, 2.05) is 19.1 Å². The van der Waals surface area contributed by atoms with Crippen LogP contribution in [0.1, 0.15) is 101 Å². The topological polar surface area (TPSA) is 66.2 Å². The number of hydrogen-bond acceptors (Lipinski definition) is 6. The highest BCUT2D eigenvalue weighted by molar-refractivity contribution is 7.99. The van der Waals surface area contributed by atoms with E-state index in [9.17, 15) is 4.79 Å². The molecule has 214 valence electrons. The highest BCUT2D eigenvalue weighted by Crippen LogP contribution is 2.40. The molecule has 7 heteroatoms. The number of para-hydroxylation sites is 1. The molecule has 6 nitrogen and oxygen atoms in total. The number of aromatic nitrogens is 3. The van der Waals surface area contributed by atoms with E-state index in [4.69, 9.17) is 9.47 Å². The summed E-state index contributed by atoms with van der Waals surface area (Å²) in [6.45, 7) is 14.4. The van der Waals surface area contributed by atoms with Crippen LogP contribution in [0.4, 0.5) is 0 Å². The van der Waals surface area contributed by atoms with Gasteiger partial charge in [-0.05, 0) is 55.9 Å². The van der Waals surface area contributed by atoms with Crippen molar-refractivity contribution in [3.63, 3.8) is 0 Å². The number of rotatable bonds is 13. The molecule has 0 spiro atoms. The van der Waals surface area contributed by atoms with Crippen molar-refractivity contribution in [2.45, 2.75) is 86.0 Å². The average molecular weight is 554 g/mol. The van der Waals surface area contributed by atoms with Crippen LogP contribution >= 0.6 is 11.8 Å². The lowest BCUT2D eigenvalue weighted by Gasteiger charge is -2.23. The number of ether oxygens (including phenoxy) is 2. The number of ketones is 1. The minimum atomic E-state index is -0.0314. The van der Waals surface area contributed by atoms with Gasteiger partial charge in [0.25, 0.3) is 0 Å². The number of thioether (sulfide) groups is 1. The Balaban J connectivity index is 0.000000673. The van der Waals surface area contributed by atoms with E-state index in [1.54, 1.807) is 21.1 Å². The van der Waals surface area contributed by atoms with Gasteiger partial charge in [0.05, 0.1) is 19.9 Å². The van der Waals surface area contributed by atoms with Gasteiger partial charge < -0.3 is 14.3 Å². The second kappa shape index (κ2) is 16.3. The SMILES string of the molecule is CCCSCCC.CCc1nnc(C(C)CC(C)=O)n1-c1ccc(C)cc1C(C)c1cccc(OC)c1OC. The third-order valence-corrected chi connectivity index (χ3v) is 7.99. The second-order valence-electron chi connectivity index (χ2n) is 9.95. The summed E-state index contributed by atoms with van der Waals surface area (Å²) in [6, 6.07) is 12.4. The number of aryl methyl sites for hydroxylation is 2. The predicted molar refractivity (Wildman–Crippen MR) is 164 cm³/mol. The van der Waals surface area contributed by atoms with Gasteiger partial charge in [0.1, 0.15) is 17.4 Å². The number of nitrogens with zero attached hydrogens (tertiary/aromatic N) is 3. The molecule has 2 atom stereocenters. The van der Waals surface area contributed by atoms with Crippen LogP contribution in [0.5, 0.6) is 11.5 Å². The molecule has 39 heavy (non-hydrogen) atoms. The molecule has 2 unspecified atom stereocenters. The fourth-order valence-electron chi connectivity index (χ4n) is 4.70. The molecule has 0 radical (unpaired) electrons. The lowest BCUT2D eigenvalue weighted by Crippen LogP contribution is -2.13. The van der Waals surface area contributed by atoms with Crippen LogP contribution < -0.4 is 9.47 Å². The van der Waals surface area contributed by atoms with Gasteiger partial charge in [0.2, 0.25) is 0 Å². The molecule has 0 aliphatic rings. The van der Waals surface area contributed by atoms with Gasteiger partial charge in [0.15, 0.2) is 11.5 Å². The first-order valence-corrected chi connectivity index (χ1v) is 15.2. The van der Waals surface area contributed by atoms with Crippen molar-refractivity contribution < 1.29 is 14.3 Å². The van der Waals surface area contributed by atoms with Crippen molar-refractivity contribution in [1.29, 1.82) is 0 Å². The Bertz CT molecular complexity index is 1190. The van der Waals surface area contributed by atoms with Crippen LogP contribution in [0.3, 0.4) is 0 Å². The molecule has 0 saturated heterocycles. The normalized spacial score (nSPS) is 12.3. The van der Waals surface area contributed by atoms with Gasteiger partial charge in [-0.15, -0.1) is 10.2 Å². The largest absolute Gasteiger partial charge is 0.493 e. The molecule has 1 aromatic heterocycles. The second-order valence-corrected chi connectivity index (χ2v) is 11.2. The van der Waals surface area contributed by atoms with Crippen molar-refractivity contribution in [1.82, 2.24) is 14.8 Å². The Morgan fingerprint density at radius 1 is 0.974 bits per heavy atom. The zero-order chi connectivity index (χ0) is 28.9. The summed E-state index contributed by atoms with van der Waals surface area (Å²) in [7, 11) is 3.32. The number of methoxy groups -OCH3 is 2. The maximum atomic E-state index is 11.8. The standard InChI is InChI=1S/C26H33N3O3.C6H14S/c1-8-24-27-28-26(17(3)15-18(4)30)29(24)22-13-12-16(2)14-21(22)19(5)20-10-9-11-23(31-6)25(20)32-7;1-3-5-7-6-4-2/h9-14,17,19H,8,15H2,1-7H3;3-6H2,1-2H3. The third-order valence-electron chi connectivity index (χ3n) is 6.59. The maximum absolute atomic E-state index is 11.8. The minimum absolute atomic E-state index is 0.0259. The first-order chi connectivity index (χ1) is 18.7. The molecule has 0 fully saturated rings. The Kier molecular flexibility index (Phi) is 13.6. The lowest BCUT2D eigenvalue weighted by molar-refractivity contribution is -0.117. The van der Waals surface area contributed by atoms with Crippen LogP contribution in [-0.4, -0.2) is 46.3 Å². The summed E-state index contributed by atoms with van der Waals surface area (Å²) in [4.78, 5) is 11.8.